The summed E-state index contributed by atoms with van der Waals surface area (Å²) in [6.45, 7) is 12.3. The Balaban J connectivity index is 0.000000109. The number of nitrogen functional groups attached to an aromatic ring is 3. The molecule has 16 aromatic heterocycles. The number of hydrogen-bond donors (Lipinski definition) is 7. The summed E-state index contributed by atoms with van der Waals surface area (Å²) in [6, 6.07) is 67.8. The normalized spacial score (nSPS) is 12.0. The minimum atomic E-state index is -0.467. The van der Waals surface area contributed by atoms with Gasteiger partial charge in [0.2, 0.25) is 0 Å². The predicted octanol–water partition coefficient (Wildman–Crippen LogP) is 16.7. The van der Waals surface area contributed by atoms with E-state index in [2.05, 4.69) is 113 Å². The van der Waals surface area contributed by atoms with Crippen LogP contribution < -0.4 is 50.1 Å². The van der Waals surface area contributed by atoms with Crippen LogP contribution in [0.15, 0.2) is 298 Å². The molecule has 0 aliphatic heterocycles. The molecule has 10 N–H and O–H groups in total. The molecule has 0 aliphatic rings. The van der Waals surface area contributed by atoms with E-state index in [9.17, 15) is 28.8 Å². The summed E-state index contributed by atoms with van der Waals surface area (Å²) in [5.74, 6) is 3.19. The van der Waals surface area contributed by atoms with Crippen molar-refractivity contribution in [1.82, 2.24) is 147 Å². The Morgan fingerprint density at radius 1 is 0.497 bits per heavy atom. The van der Waals surface area contributed by atoms with Crippen LogP contribution in [0.1, 0.15) is 90.3 Å². The average Bonchev–Trinajstić information content (AvgIpc) is 1.51. The first-order chi connectivity index (χ1) is 72.4. The van der Waals surface area contributed by atoms with Gasteiger partial charge >= 0.3 is 0 Å². The van der Waals surface area contributed by atoms with E-state index < -0.39 is 5.82 Å². The fourth-order valence-electron chi connectivity index (χ4n) is 17.7. The van der Waals surface area contributed by atoms with Crippen molar-refractivity contribution in [2.75, 3.05) is 27.8 Å². The SMILES string of the molecule is CC(Nc1ncnc2nc[nH]c12)c1nc2ccsc2c(=O)n1-c1ccccc1.CC(c1nc2c(c(Br)nn2C)c(=O)n1-c1ccccc1)n1cnc2c(N)ncnc21.C[C@H](Nc1cccc2[nH]cnc12)c1nc2ccc(F)cc2c(=O)n1-c1ccccc1.Cc1ccc2nc(Cn3cnc4c(N)ncnc43)n(-c3ccccc3C)c(=O)c2c1.Cc1cccc2nc(Cn3nc(C#N)c4c(N)ncnc43)c(-c3ccccc3Cl)nc12. The number of nitrogens with two attached hydrogens (primary N) is 3. The number of nitrogens with zero attached hydrogens (tertiary/aromatic N) is 29. The number of aromatic amines is 2. The molecule has 0 bridgehead atoms. The van der Waals surface area contributed by atoms with Gasteiger partial charge in [-0.2, -0.15) is 15.5 Å². The lowest BCUT2D eigenvalue weighted by molar-refractivity contribution is 0.587. The first-order valence-corrected chi connectivity index (χ1v) is 48.4. The van der Waals surface area contributed by atoms with Crippen LogP contribution in [0.4, 0.5) is 33.3 Å². The third kappa shape index (κ3) is 18.4. The lowest BCUT2D eigenvalue weighted by atomic mass is 10.1. The molecule has 0 saturated heterocycles. The largest absolute Gasteiger partial charge is 0.383 e. The van der Waals surface area contributed by atoms with Crippen LogP contribution in [0.5, 0.6) is 0 Å². The number of aromatic nitrogens is 30. The van der Waals surface area contributed by atoms with Crippen LogP contribution in [0.25, 0.3) is 144 Å². The summed E-state index contributed by atoms with van der Waals surface area (Å²) in [5, 5.41) is 29.1. The van der Waals surface area contributed by atoms with Crippen molar-refractivity contribution in [3.63, 3.8) is 0 Å². The maximum absolute atomic E-state index is 13.8. The molecule has 0 fully saturated rings. The van der Waals surface area contributed by atoms with Gasteiger partial charge in [0.15, 0.2) is 51.4 Å². The molecule has 0 spiro atoms. The number of rotatable bonds is 17. The zero-order chi connectivity index (χ0) is 103. The molecule has 16 heterocycles. The fraction of sp³-hybridized carbons (Fsp3) is 0.114. The number of benzene rings is 9. The summed E-state index contributed by atoms with van der Waals surface area (Å²) >= 11 is 11.3. The number of nitriles is 1. The minimum absolute atomic E-state index is 0.0794. The van der Waals surface area contributed by atoms with Gasteiger partial charge in [-0.1, -0.05) is 132 Å². The molecule has 9 aromatic carbocycles. The lowest BCUT2D eigenvalue weighted by Gasteiger charge is -2.20. The molecule has 149 heavy (non-hydrogen) atoms. The number of para-hydroxylation sites is 6. The Bertz CT molecular complexity index is 9830. The minimum Gasteiger partial charge on any atom is -0.383 e. The fourth-order valence-corrected chi connectivity index (χ4v) is 19.3. The van der Waals surface area contributed by atoms with Gasteiger partial charge in [-0.25, -0.2) is 103 Å². The highest BCUT2D eigenvalue weighted by atomic mass is 79.9. The second-order valence-electron chi connectivity index (χ2n) is 34.5. The quantitative estimate of drug-likeness (QED) is 0.0445. The molecule has 25 aromatic rings. The summed E-state index contributed by atoms with van der Waals surface area (Å²) in [6.07, 6.45) is 12.1. The van der Waals surface area contributed by atoms with E-state index in [4.69, 9.17) is 58.7 Å². The van der Waals surface area contributed by atoms with E-state index in [1.165, 1.54) is 59.4 Å². The molecule has 2 unspecified atom stereocenters. The van der Waals surface area contributed by atoms with E-state index in [0.29, 0.717) is 162 Å². The second kappa shape index (κ2) is 40.4. The van der Waals surface area contributed by atoms with Gasteiger partial charge in [-0.3, -0.25) is 37.4 Å². The molecule has 3 atom stereocenters. The highest BCUT2D eigenvalue weighted by Gasteiger charge is 2.29. The molecular weight excluding hydrogens is 2000 g/mol. The zero-order valence-electron chi connectivity index (χ0n) is 80.0. The number of nitrogens with one attached hydrogen (secondary N) is 4. The second-order valence-corrected chi connectivity index (χ2v) is 36.5. The number of anilines is 5. The number of hydrogen-bond acceptors (Lipinski definition) is 31. The first kappa shape index (κ1) is 95.8. The molecule has 0 aliphatic carbocycles. The maximum atomic E-state index is 13.8. The van der Waals surface area contributed by atoms with Crippen molar-refractivity contribution in [2.45, 2.75) is 72.8 Å². The van der Waals surface area contributed by atoms with Crippen LogP contribution in [0.2, 0.25) is 5.02 Å². The van der Waals surface area contributed by atoms with Crippen molar-refractivity contribution < 1.29 is 4.39 Å². The van der Waals surface area contributed by atoms with Crippen LogP contribution >= 0.6 is 38.9 Å². The molecule has 40 nitrogen and oxygen atoms in total. The summed E-state index contributed by atoms with van der Waals surface area (Å²) in [5.41, 5.74) is 35.6. The van der Waals surface area contributed by atoms with Gasteiger partial charge in [0.1, 0.15) is 103 Å². The number of aryl methyl sites for hydroxylation is 4. The summed E-state index contributed by atoms with van der Waals surface area (Å²) < 4.78 is 28.2. The Morgan fingerprint density at radius 2 is 1.11 bits per heavy atom. The third-order valence-electron chi connectivity index (χ3n) is 24.8. The molecule has 0 amide bonds. The highest BCUT2D eigenvalue weighted by molar-refractivity contribution is 9.10. The molecule has 25 rings (SSSR count). The smallest absolute Gasteiger partial charge is 0.276 e. The van der Waals surface area contributed by atoms with Crippen molar-refractivity contribution in [3.05, 3.63) is 383 Å². The van der Waals surface area contributed by atoms with E-state index >= 15 is 0 Å². The first-order valence-electron chi connectivity index (χ1n) is 46.3. The molecule has 0 saturated carbocycles. The van der Waals surface area contributed by atoms with Crippen LogP contribution in [0, 0.1) is 37.9 Å². The highest BCUT2D eigenvalue weighted by Crippen LogP contribution is 2.36. The molecule has 0 radical (unpaired) electrons. The monoisotopic (exact) mass is 2080 g/mol. The third-order valence-corrected chi connectivity index (χ3v) is 26.6. The summed E-state index contributed by atoms with van der Waals surface area (Å²) in [4.78, 5) is 139. The van der Waals surface area contributed by atoms with E-state index in [1.54, 1.807) is 55.4 Å². The van der Waals surface area contributed by atoms with Crippen molar-refractivity contribution in [3.8, 4) is 40.1 Å². The molecule has 734 valence electrons. The summed E-state index contributed by atoms with van der Waals surface area (Å²) in [7, 11) is 1.75. The van der Waals surface area contributed by atoms with E-state index in [1.807, 2.05) is 256 Å². The Hall–Kier alpha value is -19.4. The van der Waals surface area contributed by atoms with Crippen LogP contribution in [-0.4, -0.2) is 147 Å². The standard InChI is InChI=1S/C23H18FN5O.C22H15ClN8.C22H19N7O.C19H16BrN9O.C19H15N7OS/c1-14(27-20-9-5-8-19-21(20)26-13-25-19)22-28-18-11-10-15(24)12-17(18)23(30)29(22)16-6-3-2-4-7-16;1-12-5-4-8-15-19(12)29-20(13-6-2-3-7-14(13)23)17(28-15)10-31-22-18(16(9-24)30-31)21(25)26-11-27-22;1-13-7-8-16-15(9-13)22(30)29(17-6-4-3-5-14(17)2)18(27-16)10-28-12-26-19-20(23)24-11-25-21(19)28;1-10(28-9-24-13-15(21)22-8-23-18(13)28)16-25-17-12(14(20)26-27(17)2)19(30)29(16)11-6-4-3-5-7-11;1-11(24-17-14-16(21-9-20-14)22-10-23-17)18-25-13-7-8-28-15(13)19(27)26(18)12-5-3-2-4-6-12/h2-14,27H,1H3,(H,25,26);2-8,11H,10H2,1H3,(H2,25,26,27);3-9,11-12H,10H2,1-2H3,(H2,23,24,25);3-10H,1-2H3,(H2,21,22,23);2-11H,1H3,(H2,20,21,22,23,24)/t14-;;;;/m0..../s1. The Labute approximate surface area is 858 Å². The van der Waals surface area contributed by atoms with E-state index in [-0.39, 0.29) is 63.8 Å². The number of fused-ring (bicyclic) bond motifs is 10. The lowest BCUT2D eigenvalue weighted by Crippen LogP contribution is -2.27. The van der Waals surface area contributed by atoms with Crippen LogP contribution in [-0.2, 0) is 20.1 Å². The molecule has 44 heteroatoms. The van der Waals surface area contributed by atoms with Crippen molar-refractivity contribution in [2.24, 2.45) is 7.05 Å². The maximum Gasteiger partial charge on any atom is 0.276 e. The van der Waals surface area contributed by atoms with Gasteiger partial charge in [-0.15, -0.1) is 11.3 Å². The van der Waals surface area contributed by atoms with Crippen molar-refractivity contribution in [1.29, 1.82) is 5.26 Å². The topological polar surface area (TPSA) is 523 Å². The Morgan fingerprint density at radius 3 is 1.84 bits per heavy atom. The Kier molecular flexibility index (Phi) is 26.0. The zero-order valence-corrected chi connectivity index (χ0v) is 83.2. The van der Waals surface area contributed by atoms with Gasteiger partial charge in [0.25, 0.3) is 22.2 Å². The average molecular weight is 2080 g/mol. The van der Waals surface area contributed by atoms with Gasteiger partial charge in [-0.05, 0) is 177 Å². The number of H-pyrrole nitrogens is 2. The van der Waals surface area contributed by atoms with Crippen molar-refractivity contribution >= 4 is 177 Å². The van der Waals surface area contributed by atoms with Gasteiger partial charge in [0, 0.05) is 12.6 Å². The number of imidazole rings is 4. The van der Waals surface area contributed by atoms with E-state index in [0.717, 1.165) is 61.4 Å². The van der Waals surface area contributed by atoms with Gasteiger partial charge < -0.3 is 46.9 Å². The molecular formula is C105H83BrClFN36O4S. The predicted molar refractivity (Wildman–Crippen MR) is 574 cm³/mol. The van der Waals surface area contributed by atoms with Crippen LogP contribution in [0.3, 0.4) is 0 Å². The number of thiophene rings is 1. The number of halogens is 3. The van der Waals surface area contributed by atoms with Gasteiger partial charge in [0.05, 0.1) is 151 Å².